The highest BCUT2D eigenvalue weighted by Crippen LogP contribution is 2.22. The Balaban J connectivity index is 1.53. The number of carbonyl (C=O) groups is 1. The molecule has 1 amide bonds. The molecule has 1 aliphatic rings. The predicted molar refractivity (Wildman–Crippen MR) is 108 cm³/mol. The maximum Gasteiger partial charge on any atom is 0.240 e. The van der Waals surface area contributed by atoms with Crippen molar-refractivity contribution in [3.05, 3.63) is 42.6 Å². The van der Waals surface area contributed by atoms with Crippen molar-refractivity contribution in [1.82, 2.24) is 29.8 Å². The second-order valence-corrected chi connectivity index (χ2v) is 8.97. The zero-order valence-electron chi connectivity index (χ0n) is 16.0. The Morgan fingerprint density at radius 1 is 1.17 bits per heavy atom. The van der Waals surface area contributed by atoms with E-state index in [4.69, 9.17) is 0 Å². The van der Waals surface area contributed by atoms with Gasteiger partial charge in [-0.25, -0.2) is 8.42 Å². The number of carbonyl (C=O) groups excluding carboxylic acids is 1. The van der Waals surface area contributed by atoms with Crippen LogP contribution in [0.25, 0.3) is 22.0 Å². The topological polar surface area (TPSA) is 119 Å². The molecule has 2 N–H and O–H groups in total. The highest BCUT2D eigenvalue weighted by Gasteiger charge is 2.25. The maximum atomic E-state index is 12.5. The second-order valence-electron chi connectivity index (χ2n) is 7.24. The third-order valence-corrected chi connectivity index (χ3v) is 6.15. The largest absolute Gasteiger partial charge is 0.317 e. The maximum absolute atomic E-state index is 12.5. The Labute approximate surface area is 168 Å². The fourth-order valence-corrected chi connectivity index (χ4v) is 4.53. The summed E-state index contributed by atoms with van der Waals surface area (Å²) < 4.78 is 28.8. The Morgan fingerprint density at radius 3 is 2.69 bits per heavy atom. The van der Waals surface area contributed by atoms with Gasteiger partial charge in [0.1, 0.15) is 5.75 Å². The summed E-state index contributed by atoms with van der Waals surface area (Å²) >= 11 is 0. The number of amides is 1. The first-order chi connectivity index (χ1) is 13.9. The predicted octanol–water partition coefficient (Wildman–Crippen LogP) is 0.976. The average molecular weight is 414 g/mol. The van der Waals surface area contributed by atoms with Gasteiger partial charge >= 0.3 is 0 Å². The van der Waals surface area contributed by atoms with Crippen molar-refractivity contribution in [3.63, 3.8) is 0 Å². The molecule has 152 valence electrons. The number of sulfonamides is 1. The number of pyridine rings is 2. The lowest BCUT2D eigenvalue weighted by molar-refractivity contribution is -0.123. The number of nitrogens with one attached hydrogen (secondary N) is 2. The van der Waals surface area contributed by atoms with Gasteiger partial charge < -0.3 is 5.32 Å². The number of hydrogen-bond donors (Lipinski definition) is 2. The number of fused-ring (bicyclic) bond motifs is 1. The number of aryl methyl sites for hydroxylation is 1. The van der Waals surface area contributed by atoms with Gasteiger partial charge in [0, 0.05) is 41.9 Å². The van der Waals surface area contributed by atoms with Crippen molar-refractivity contribution in [2.45, 2.75) is 18.6 Å². The van der Waals surface area contributed by atoms with Crippen LogP contribution in [-0.4, -0.2) is 47.2 Å². The molecule has 4 heterocycles. The molecule has 0 unspecified atom stereocenters. The van der Waals surface area contributed by atoms with Crippen LogP contribution < -0.4 is 10.0 Å². The van der Waals surface area contributed by atoms with Gasteiger partial charge in [-0.05, 0) is 38.1 Å². The molecule has 0 radical (unpaired) electrons. The fraction of sp³-hybridized carbons (Fsp3) is 0.368. The first kappa shape index (κ1) is 19.5. The van der Waals surface area contributed by atoms with Crippen LogP contribution in [0, 0.1) is 5.92 Å². The van der Waals surface area contributed by atoms with E-state index in [1.807, 2.05) is 19.3 Å². The third kappa shape index (κ3) is 4.60. The molecule has 3 aromatic heterocycles. The summed E-state index contributed by atoms with van der Waals surface area (Å²) in [6.45, 7) is 1.44. The second kappa shape index (κ2) is 7.88. The molecule has 9 nitrogen and oxygen atoms in total. The first-order valence-electron chi connectivity index (χ1n) is 9.38. The first-order valence-corrected chi connectivity index (χ1v) is 11.0. The summed E-state index contributed by atoms with van der Waals surface area (Å²) in [4.78, 5) is 20.9. The lowest BCUT2D eigenvalue weighted by Gasteiger charge is -2.21. The molecular weight excluding hydrogens is 392 g/mol. The van der Waals surface area contributed by atoms with Crippen LogP contribution in [0.3, 0.4) is 0 Å². The molecule has 0 saturated carbocycles. The van der Waals surface area contributed by atoms with Gasteiger partial charge in [-0.3, -0.25) is 24.2 Å². The Morgan fingerprint density at radius 2 is 1.97 bits per heavy atom. The molecule has 1 saturated heterocycles. The molecule has 1 fully saturated rings. The van der Waals surface area contributed by atoms with Crippen molar-refractivity contribution in [1.29, 1.82) is 0 Å². The molecule has 29 heavy (non-hydrogen) atoms. The highest BCUT2D eigenvalue weighted by molar-refractivity contribution is 7.89. The highest BCUT2D eigenvalue weighted by atomic mass is 32.2. The Bertz CT molecular complexity index is 1150. The van der Waals surface area contributed by atoms with E-state index in [0.29, 0.717) is 24.1 Å². The zero-order chi connectivity index (χ0) is 20.4. The van der Waals surface area contributed by atoms with E-state index >= 15 is 0 Å². The number of aromatic nitrogens is 4. The molecule has 3 aromatic rings. The number of hydrogen-bond acceptors (Lipinski definition) is 7. The van der Waals surface area contributed by atoms with Crippen LogP contribution in [0.4, 0.5) is 0 Å². The third-order valence-electron chi connectivity index (χ3n) is 4.97. The van der Waals surface area contributed by atoms with E-state index in [1.165, 1.54) is 0 Å². The summed E-state index contributed by atoms with van der Waals surface area (Å²) in [5.74, 6) is -1.08. The van der Waals surface area contributed by atoms with Crippen LogP contribution in [0.2, 0.25) is 0 Å². The normalized spacial score (nSPS) is 15.5. The fourth-order valence-electron chi connectivity index (χ4n) is 3.44. The molecule has 10 heteroatoms. The average Bonchev–Trinajstić information content (AvgIpc) is 3.14. The van der Waals surface area contributed by atoms with Gasteiger partial charge in [0.25, 0.3) is 0 Å². The summed E-state index contributed by atoms with van der Waals surface area (Å²) in [6, 6.07) is 3.61. The van der Waals surface area contributed by atoms with Crippen molar-refractivity contribution >= 4 is 26.8 Å². The molecule has 4 rings (SSSR count). The number of piperidine rings is 1. The minimum Gasteiger partial charge on any atom is -0.317 e. The number of rotatable bonds is 5. The molecule has 0 bridgehead atoms. The molecule has 0 atom stereocenters. The summed E-state index contributed by atoms with van der Waals surface area (Å²) in [7, 11) is -1.99. The van der Waals surface area contributed by atoms with Crippen LogP contribution in [0.5, 0.6) is 0 Å². The quantitative estimate of drug-likeness (QED) is 0.639. The SMILES string of the molecule is Cn1cc(-c2cnc3cnc(CS(=O)(=O)NC(=O)C4CCNCC4)cc3c2)cn1. The summed E-state index contributed by atoms with van der Waals surface area (Å²) in [5, 5.41) is 8.09. The molecule has 0 aliphatic carbocycles. The molecule has 1 aliphatic heterocycles. The van der Waals surface area contributed by atoms with Crippen molar-refractivity contribution in [3.8, 4) is 11.1 Å². The van der Waals surface area contributed by atoms with E-state index in [9.17, 15) is 13.2 Å². The van der Waals surface area contributed by atoms with E-state index in [2.05, 4.69) is 25.1 Å². The van der Waals surface area contributed by atoms with Crippen LogP contribution in [0.15, 0.2) is 36.9 Å². The minimum absolute atomic E-state index is 0.276. The minimum atomic E-state index is -3.83. The van der Waals surface area contributed by atoms with Gasteiger partial charge in [-0.1, -0.05) is 0 Å². The van der Waals surface area contributed by atoms with Crippen LogP contribution >= 0.6 is 0 Å². The molecule has 0 spiro atoms. The van der Waals surface area contributed by atoms with E-state index in [-0.39, 0.29) is 11.7 Å². The van der Waals surface area contributed by atoms with E-state index in [0.717, 1.165) is 29.6 Å². The molecular formula is C19H22N6O3S. The number of nitrogens with zero attached hydrogens (tertiary/aromatic N) is 4. The van der Waals surface area contributed by atoms with Crippen LogP contribution in [-0.2, 0) is 27.6 Å². The lowest BCUT2D eigenvalue weighted by Crippen LogP contribution is -2.41. The smallest absolute Gasteiger partial charge is 0.240 e. The van der Waals surface area contributed by atoms with Gasteiger partial charge in [0.2, 0.25) is 15.9 Å². The van der Waals surface area contributed by atoms with Gasteiger partial charge in [0.15, 0.2) is 0 Å². The van der Waals surface area contributed by atoms with Crippen LogP contribution in [0.1, 0.15) is 18.5 Å². The van der Waals surface area contributed by atoms with E-state index < -0.39 is 15.9 Å². The van der Waals surface area contributed by atoms with Gasteiger partial charge in [0.05, 0.1) is 23.6 Å². The Kier molecular flexibility index (Phi) is 5.29. The van der Waals surface area contributed by atoms with E-state index in [1.54, 1.807) is 29.3 Å². The van der Waals surface area contributed by atoms with Gasteiger partial charge in [-0.2, -0.15) is 5.10 Å². The zero-order valence-corrected chi connectivity index (χ0v) is 16.8. The summed E-state index contributed by atoms with van der Waals surface area (Å²) in [5.41, 5.74) is 2.82. The standard InChI is InChI=1S/C19H22N6O3S/c1-25-11-16(9-23-25)15-6-14-7-17(21-10-18(14)22-8-15)12-29(27,28)24-19(26)13-2-4-20-5-3-13/h6-11,13,20H,2-5,12H2,1H3,(H,24,26). The lowest BCUT2D eigenvalue weighted by atomic mass is 9.98. The molecule has 0 aromatic carbocycles. The van der Waals surface area contributed by atoms with Crippen molar-refractivity contribution in [2.75, 3.05) is 13.1 Å². The van der Waals surface area contributed by atoms with Gasteiger partial charge in [-0.15, -0.1) is 0 Å². The van der Waals surface area contributed by atoms with Crippen molar-refractivity contribution < 1.29 is 13.2 Å². The Hall–Kier alpha value is -2.85. The summed E-state index contributed by atoms with van der Waals surface area (Å²) in [6.07, 6.45) is 8.17. The monoisotopic (exact) mass is 414 g/mol. The van der Waals surface area contributed by atoms with Crippen molar-refractivity contribution in [2.24, 2.45) is 13.0 Å².